The van der Waals surface area contributed by atoms with Gasteiger partial charge >= 0.3 is 5.97 Å². The van der Waals surface area contributed by atoms with E-state index < -0.39 is 12.6 Å². The molecule has 0 aliphatic carbocycles. The number of nitrogens with zero attached hydrogens (tertiary/aromatic N) is 2. The lowest BCUT2D eigenvalue weighted by molar-refractivity contribution is -0.139. The highest BCUT2D eigenvalue weighted by Gasteiger charge is 2.16. The third kappa shape index (κ3) is 4.39. The Morgan fingerprint density at radius 2 is 1.83 bits per heavy atom. The third-order valence-electron chi connectivity index (χ3n) is 4.65. The zero-order chi connectivity index (χ0) is 21.1. The lowest BCUT2D eigenvalue weighted by atomic mass is 10.1. The molecule has 0 aliphatic heterocycles. The van der Waals surface area contributed by atoms with E-state index in [0.717, 1.165) is 16.9 Å². The molecule has 3 aromatic rings. The number of aliphatic carboxylic acids is 1. The van der Waals surface area contributed by atoms with E-state index in [9.17, 15) is 9.59 Å². The Bertz CT molecular complexity index is 1050. The van der Waals surface area contributed by atoms with E-state index in [1.807, 2.05) is 24.3 Å². The van der Waals surface area contributed by atoms with E-state index in [0.29, 0.717) is 29.0 Å². The smallest absolute Gasteiger partial charge is 0.341 e. The summed E-state index contributed by atoms with van der Waals surface area (Å²) in [5.41, 5.74) is 3.86. The molecule has 0 atom stereocenters. The first kappa shape index (κ1) is 20.4. The SMILES string of the molecule is Cc1cc(C(=O)NCc2nc3ccccc3n2C(C)C)cc(C)c1OCC(=O)O. The van der Waals surface area contributed by atoms with E-state index in [1.54, 1.807) is 26.0 Å². The molecule has 0 saturated heterocycles. The van der Waals surface area contributed by atoms with Crippen LogP contribution in [0.3, 0.4) is 0 Å². The Kier molecular flexibility index (Phi) is 5.87. The molecule has 7 heteroatoms. The maximum Gasteiger partial charge on any atom is 0.341 e. The van der Waals surface area contributed by atoms with Crippen molar-refractivity contribution in [3.8, 4) is 5.75 Å². The van der Waals surface area contributed by atoms with Gasteiger partial charge in [-0.25, -0.2) is 9.78 Å². The van der Waals surface area contributed by atoms with E-state index in [-0.39, 0.29) is 11.9 Å². The van der Waals surface area contributed by atoms with E-state index >= 15 is 0 Å². The van der Waals surface area contributed by atoms with Crippen LogP contribution < -0.4 is 10.1 Å². The van der Waals surface area contributed by atoms with Crippen LogP contribution in [0.1, 0.15) is 47.2 Å². The zero-order valence-electron chi connectivity index (χ0n) is 17.0. The number of benzene rings is 2. The molecule has 2 aromatic carbocycles. The molecule has 0 radical (unpaired) electrons. The van der Waals surface area contributed by atoms with Crippen LogP contribution in [0.2, 0.25) is 0 Å². The van der Waals surface area contributed by atoms with Gasteiger partial charge in [-0.2, -0.15) is 0 Å². The fourth-order valence-corrected chi connectivity index (χ4v) is 3.50. The molecule has 29 heavy (non-hydrogen) atoms. The summed E-state index contributed by atoms with van der Waals surface area (Å²) in [5, 5.41) is 11.7. The maximum absolute atomic E-state index is 12.7. The van der Waals surface area contributed by atoms with Gasteiger partial charge in [-0.1, -0.05) is 12.1 Å². The van der Waals surface area contributed by atoms with Crippen LogP contribution in [-0.2, 0) is 11.3 Å². The van der Waals surface area contributed by atoms with Gasteiger partial charge < -0.3 is 19.7 Å². The molecule has 1 aromatic heterocycles. The predicted molar refractivity (Wildman–Crippen MR) is 110 cm³/mol. The molecule has 0 spiro atoms. The Labute approximate surface area is 169 Å². The summed E-state index contributed by atoms with van der Waals surface area (Å²) in [7, 11) is 0. The lowest BCUT2D eigenvalue weighted by Gasteiger charge is -2.15. The number of fused-ring (bicyclic) bond motifs is 1. The van der Waals surface area contributed by atoms with E-state index in [1.165, 1.54) is 0 Å². The van der Waals surface area contributed by atoms with Gasteiger partial charge in [-0.05, 0) is 63.1 Å². The van der Waals surface area contributed by atoms with Gasteiger partial charge in [0.05, 0.1) is 17.6 Å². The topological polar surface area (TPSA) is 93.5 Å². The molecule has 0 aliphatic rings. The Balaban J connectivity index is 1.79. The van der Waals surface area contributed by atoms with Crippen molar-refractivity contribution in [1.29, 1.82) is 0 Å². The van der Waals surface area contributed by atoms with Gasteiger partial charge in [0.1, 0.15) is 11.6 Å². The molecular formula is C22H25N3O4. The second-order valence-electron chi connectivity index (χ2n) is 7.28. The first-order valence-electron chi connectivity index (χ1n) is 9.47. The first-order valence-corrected chi connectivity index (χ1v) is 9.47. The summed E-state index contributed by atoms with van der Waals surface area (Å²) in [6.07, 6.45) is 0. The molecule has 0 bridgehead atoms. The number of imidazole rings is 1. The number of rotatable bonds is 7. The minimum absolute atomic E-state index is 0.212. The number of carbonyl (C=O) groups is 2. The summed E-state index contributed by atoms with van der Waals surface area (Å²) in [5.74, 6) is 0.0250. The normalized spacial score (nSPS) is 11.1. The van der Waals surface area contributed by atoms with Crippen molar-refractivity contribution < 1.29 is 19.4 Å². The molecule has 2 N–H and O–H groups in total. The van der Waals surface area contributed by atoms with Gasteiger partial charge in [0.25, 0.3) is 5.91 Å². The van der Waals surface area contributed by atoms with Gasteiger partial charge in [-0.15, -0.1) is 0 Å². The standard InChI is InChI=1S/C22H25N3O4/c1-13(2)25-18-8-6-5-7-17(18)24-19(25)11-23-22(28)16-9-14(3)21(15(4)10-16)29-12-20(26)27/h5-10,13H,11-12H2,1-4H3,(H,23,28)(H,26,27). The Hall–Kier alpha value is -3.35. The van der Waals surface area contributed by atoms with Gasteiger partial charge in [-0.3, -0.25) is 4.79 Å². The van der Waals surface area contributed by atoms with Gasteiger partial charge in [0.2, 0.25) is 0 Å². The summed E-state index contributed by atoms with van der Waals surface area (Å²) in [6, 6.07) is 11.5. The fourth-order valence-electron chi connectivity index (χ4n) is 3.50. The molecule has 152 valence electrons. The lowest BCUT2D eigenvalue weighted by Crippen LogP contribution is -2.25. The molecule has 7 nitrogen and oxygen atoms in total. The summed E-state index contributed by atoms with van der Waals surface area (Å²) >= 11 is 0. The van der Waals surface area contributed by atoms with Crippen LogP contribution in [0.4, 0.5) is 0 Å². The summed E-state index contributed by atoms with van der Waals surface area (Å²) < 4.78 is 7.44. The monoisotopic (exact) mass is 395 g/mol. The average Bonchev–Trinajstić information content (AvgIpc) is 3.03. The van der Waals surface area contributed by atoms with Crippen molar-refractivity contribution in [2.75, 3.05) is 6.61 Å². The quantitative estimate of drug-likeness (QED) is 0.637. The largest absolute Gasteiger partial charge is 0.481 e. The highest BCUT2D eigenvalue weighted by molar-refractivity contribution is 5.95. The minimum atomic E-state index is -1.04. The highest BCUT2D eigenvalue weighted by Crippen LogP contribution is 2.25. The maximum atomic E-state index is 12.7. The first-order chi connectivity index (χ1) is 13.8. The van der Waals surface area contributed by atoms with Crippen molar-refractivity contribution in [2.24, 2.45) is 0 Å². The number of nitrogens with one attached hydrogen (secondary N) is 1. The van der Waals surface area contributed by atoms with Gasteiger partial charge in [0.15, 0.2) is 6.61 Å². The second kappa shape index (κ2) is 8.34. The highest BCUT2D eigenvalue weighted by atomic mass is 16.5. The van der Waals surface area contributed by atoms with Crippen molar-refractivity contribution in [1.82, 2.24) is 14.9 Å². The fraction of sp³-hybridized carbons (Fsp3) is 0.318. The molecule has 1 heterocycles. The number of carboxylic acid groups (broad SMARTS) is 1. The van der Waals surface area contributed by atoms with Crippen LogP contribution in [-0.4, -0.2) is 33.1 Å². The number of aryl methyl sites for hydroxylation is 2. The Morgan fingerprint density at radius 1 is 1.17 bits per heavy atom. The third-order valence-corrected chi connectivity index (χ3v) is 4.65. The van der Waals surface area contributed by atoms with Crippen molar-refractivity contribution >= 4 is 22.9 Å². The molecule has 0 unspecified atom stereocenters. The number of hydrogen-bond acceptors (Lipinski definition) is 4. The molecule has 3 rings (SSSR count). The zero-order valence-corrected chi connectivity index (χ0v) is 17.0. The molecule has 0 saturated carbocycles. The molecule has 1 amide bonds. The van der Waals surface area contributed by atoms with Crippen LogP contribution in [0, 0.1) is 13.8 Å². The number of amides is 1. The second-order valence-corrected chi connectivity index (χ2v) is 7.28. The van der Waals surface area contributed by atoms with E-state index in [4.69, 9.17) is 9.84 Å². The van der Waals surface area contributed by atoms with Crippen molar-refractivity contribution in [2.45, 2.75) is 40.3 Å². The van der Waals surface area contributed by atoms with Crippen molar-refractivity contribution in [3.05, 3.63) is 58.9 Å². The average molecular weight is 395 g/mol. The number of ether oxygens (including phenoxy) is 1. The molecule has 0 fully saturated rings. The minimum Gasteiger partial charge on any atom is -0.481 e. The molecular weight excluding hydrogens is 370 g/mol. The van der Waals surface area contributed by atoms with Crippen LogP contribution >= 0.6 is 0 Å². The van der Waals surface area contributed by atoms with Crippen LogP contribution in [0.15, 0.2) is 36.4 Å². The Morgan fingerprint density at radius 3 is 2.45 bits per heavy atom. The summed E-state index contributed by atoms with van der Waals surface area (Å²) in [4.78, 5) is 28.1. The number of para-hydroxylation sites is 2. The summed E-state index contributed by atoms with van der Waals surface area (Å²) in [6.45, 7) is 7.64. The predicted octanol–water partition coefficient (Wildman–Crippen LogP) is 3.63. The van der Waals surface area contributed by atoms with Gasteiger partial charge in [0, 0.05) is 11.6 Å². The number of hydrogen-bond donors (Lipinski definition) is 2. The number of aromatic nitrogens is 2. The van der Waals surface area contributed by atoms with Crippen LogP contribution in [0.25, 0.3) is 11.0 Å². The van der Waals surface area contributed by atoms with Crippen LogP contribution in [0.5, 0.6) is 5.75 Å². The van der Waals surface area contributed by atoms with Crippen molar-refractivity contribution in [3.63, 3.8) is 0 Å². The van der Waals surface area contributed by atoms with E-state index in [2.05, 4.69) is 28.7 Å². The number of carboxylic acids is 1. The number of carbonyl (C=O) groups excluding carboxylic acids is 1.